The summed E-state index contributed by atoms with van der Waals surface area (Å²) in [7, 11) is 0. The minimum atomic E-state index is -0.590. The molecule has 2 aliphatic rings. The third kappa shape index (κ3) is 2.85. The molecule has 2 fully saturated rings. The third-order valence-corrected chi connectivity index (χ3v) is 4.78. The molecule has 2 unspecified atom stereocenters. The van der Waals surface area contributed by atoms with Gasteiger partial charge in [0.15, 0.2) is 0 Å². The van der Waals surface area contributed by atoms with Crippen molar-refractivity contribution in [3.05, 3.63) is 24.4 Å². The molecule has 2 bridgehead atoms. The smallest absolute Gasteiger partial charge is 0.315 e. The number of hydrogen-bond donors (Lipinski definition) is 1. The summed E-state index contributed by atoms with van der Waals surface area (Å²) in [6.45, 7) is 7.40. The Morgan fingerprint density at radius 3 is 2.73 bits per heavy atom. The average Bonchev–Trinajstić information content (AvgIpc) is 2.68. The predicted octanol–water partition coefficient (Wildman–Crippen LogP) is 2.45. The molecular weight excluding hydrogens is 278 g/mol. The number of amides is 2. The van der Waals surface area contributed by atoms with Crippen molar-refractivity contribution < 1.29 is 9.59 Å². The van der Waals surface area contributed by atoms with Gasteiger partial charge in [-0.05, 0) is 42.2 Å². The number of aromatic nitrogens is 1. The van der Waals surface area contributed by atoms with Gasteiger partial charge < -0.3 is 10.2 Å². The van der Waals surface area contributed by atoms with Crippen molar-refractivity contribution in [2.75, 3.05) is 11.9 Å². The Balaban J connectivity index is 1.72. The van der Waals surface area contributed by atoms with E-state index in [9.17, 15) is 9.59 Å². The normalized spacial score (nSPS) is 29.2. The Labute approximate surface area is 131 Å². The van der Waals surface area contributed by atoms with Crippen LogP contribution in [0.1, 0.15) is 40.0 Å². The number of carbonyl (C=O) groups is 2. The number of carbonyl (C=O) groups excluding carboxylic acids is 2. The Hall–Kier alpha value is -1.91. The number of anilines is 1. The summed E-state index contributed by atoms with van der Waals surface area (Å²) < 4.78 is 0. The summed E-state index contributed by atoms with van der Waals surface area (Å²) >= 11 is 0. The van der Waals surface area contributed by atoms with Gasteiger partial charge >= 0.3 is 11.8 Å². The number of fused-ring (bicyclic) bond motifs is 2. The van der Waals surface area contributed by atoms with E-state index in [-0.39, 0.29) is 16.9 Å². The summed E-state index contributed by atoms with van der Waals surface area (Å²) in [4.78, 5) is 30.5. The van der Waals surface area contributed by atoms with Crippen LogP contribution in [0.25, 0.3) is 0 Å². The summed E-state index contributed by atoms with van der Waals surface area (Å²) in [5.41, 5.74) is 0.359. The van der Waals surface area contributed by atoms with Crippen molar-refractivity contribution in [2.45, 2.75) is 46.1 Å². The van der Waals surface area contributed by atoms with Crippen molar-refractivity contribution in [1.29, 1.82) is 0 Å². The molecule has 5 nitrogen and oxygen atoms in total. The van der Waals surface area contributed by atoms with E-state index in [1.54, 1.807) is 29.3 Å². The molecule has 0 aromatic carbocycles. The molecule has 1 aliphatic heterocycles. The lowest BCUT2D eigenvalue weighted by atomic mass is 9.65. The zero-order valence-electron chi connectivity index (χ0n) is 13.4. The van der Waals surface area contributed by atoms with Gasteiger partial charge in [0.2, 0.25) is 0 Å². The van der Waals surface area contributed by atoms with E-state index < -0.39 is 11.8 Å². The Morgan fingerprint density at radius 2 is 2.05 bits per heavy atom. The minimum absolute atomic E-state index is 0.132. The van der Waals surface area contributed by atoms with Crippen LogP contribution >= 0.6 is 0 Å². The molecule has 22 heavy (non-hydrogen) atoms. The van der Waals surface area contributed by atoms with Crippen LogP contribution in [-0.2, 0) is 9.59 Å². The van der Waals surface area contributed by atoms with Crippen LogP contribution in [0.15, 0.2) is 24.4 Å². The lowest BCUT2D eigenvalue weighted by Crippen LogP contribution is -2.43. The molecule has 1 aromatic heterocycles. The molecule has 2 heterocycles. The van der Waals surface area contributed by atoms with Gasteiger partial charge in [-0.1, -0.05) is 26.8 Å². The molecule has 0 radical (unpaired) electrons. The van der Waals surface area contributed by atoms with Crippen LogP contribution in [0, 0.1) is 10.8 Å². The molecule has 1 aliphatic carbocycles. The first-order chi connectivity index (χ1) is 10.3. The second-order valence-electron chi connectivity index (χ2n) is 7.82. The highest BCUT2D eigenvalue weighted by molar-refractivity contribution is 6.39. The maximum Gasteiger partial charge on any atom is 0.315 e. The van der Waals surface area contributed by atoms with Crippen molar-refractivity contribution in [2.24, 2.45) is 10.8 Å². The summed E-state index contributed by atoms with van der Waals surface area (Å²) in [5.74, 6) is -0.612. The fourth-order valence-electron chi connectivity index (χ4n) is 4.43. The molecule has 0 spiro atoms. The largest absolute Gasteiger partial charge is 0.331 e. The quantitative estimate of drug-likeness (QED) is 0.810. The van der Waals surface area contributed by atoms with E-state index >= 15 is 0 Å². The molecule has 1 saturated carbocycles. The van der Waals surface area contributed by atoms with E-state index in [2.05, 4.69) is 31.1 Å². The van der Waals surface area contributed by atoms with Crippen LogP contribution in [0.3, 0.4) is 0 Å². The van der Waals surface area contributed by atoms with Crippen LogP contribution in [-0.4, -0.2) is 34.3 Å². The number of pyridine rings is 1. The molecule has 1 N–H and O–H groups in total. The first kappa shape index (κ1) is 15.0. The van der Waals surface area contributed by atoms with Crippen molar-refractivity contribution in [3.8, 4) is 0 Å². The van der Waals surface area contributed by atoms with Gasteiger partial charge in [-0.3, -0.25) is 9.59 Å². The Morgan fingerprint density at radius 1 is 1.27 bits per heavy atom. The molecule has 1 aromatic rings. The van der Waals surface area contributed by atoms with E-state index in [1.807, 2.05) is 0 Å². The van der Waals surface area contributed by atoms with Gasteiger partial charge in [0.1, 0.15) is 5.82 Å². The monoisotopic (exact) mass is 301 g/mol. The highest BCUT2D eigenvalue weighted by Crippen LogP contribution is 2.52. The maximum absolute atomic E-state index is 12.5. The third-order valence-electron chi connectivity index (χ3n) is 4.78. The molecule has 2 amide bonds. The fraction of sp³-hybridized carbons (Fsp3) is 0.588. The summed E-state index contributed by atoms with van der Waals surface area (Å²) in [5, 5.41) is 2.59. The van der Waals surface area contributed by atoms with E-state index in [1.165, 1.54) is 0 Å². The van der Waals surface area contributed by atoms with Crippen LogP contribution in [0.5, 0.6) is 0 Å². The highest BCUT2D eigenvalue weighted by Gasteiger charge is 2.51. The topological polar surface area (TPSA) is 62.3 Å². The van der Waals surface area contributed by atoms with Gasteiger partial charge in [0, 0.05) is 18.8 Å². The number of rotatable bonds is 1. The van der Waals surface area contributed by atoms with Gasteiger partial charge in [-0.25, -0.2) is 4.98 Å². The highest BCUT2D eigenvalue weighted by atomic mass is 16.2. The second kappa shape index (κ2) is 5.07. The van der Waals surface area contributed by atoms with Crippen LogP contribution < -0.4 is 5.32 Å². The summed E-state index contributed by atoms with van der Waals surface area (Å²) in [6, 6.07) is 5.40. The zero-order valence-corrected chi connectivity index (χ0v) is 13.4. The number of hydrogen-bond acceptors (Lipinski definition) is 3. The van der Waals surface area contributed by atoms with Crippen molar-refractivity contribution in [1.82, 2.24) is 9.88 Å². The molecular formula is C17H23N3O2. The van der Waals surface area contributed by atoms with Crippen molar-refractivity contribution in [3.63, 3.8) is 0 Å². The standard InChI is InChI=1S/C17H23N3O2/c1-16(2)8-12-9-17(3,10-16)11-20(12)15(22)14(21)19-13-6-4-5-7-18-13/h4-7,12H,8-11H2,1-3H3,(H,18,19,21). The Bertz CT molecular complexity index is 599. The van der Waals surface area contributed by atoms with Crippen molar-refractivity contribution >= 4 is 17.6 Å². The lowest BCUT2D eigenvalue weighted by Gasteiger charge is -2.39. The molecule has 2 atom stereocenters. The van der Waals surface area contributed by atoms with Gasteiger partial charge in [-0.2, -0.15) is 0 Å². The predicted molar refractivity (Wildman–Crippen MR) is 84.1 cm³/mol. The van der Waals surface area contributed by atoms with Gasteiger partial charge in [-0.15, -0.1) is 0 Å². The number of nitrogens with one attached hydrogen (secondary N) is 1. The molecule has 5 heteroatoms. The Kier molecular flexibility index (Phi) is 3.46. The SMILES string of the molecule is CC1(C)CC2CC(C)(CN2C(=O)C(=O)Nc2ccccn2)C1. The van der Waals surface area contributed by atoms with Crippen LogP contribution in [0.4, 0.5) is 5.82 Å². The van der Waals surface area contributed by atoms with E-state index in [0.29, 0.717) is 12.4 Å². The number of likely N-dealkylation sites (tertiary alicyclic amines) is 1. The van der Waals surface area contributed by atoms with Gasteiger partial charge in [0.25, 0.3) is 0 Å². The molecule has 1 saturated heterocycles. The van der Waals surface area contributed by atoms with E-state index in [4.69, 9.17) is 0 Å². The molecule has 3 rings (SSSR count). The fourth-order valence-corrected chi connectivity index (χ4v) is 4.43. The second-order valence-corrected chi connectivity index (χ2v) is 7.82. The number of nitrogens with zero attached hydrogens (tertiary/aromatic N) is 2. The van der Waals surface area contributed by atoms with Crippen LogP contribution in [0.2, 0.25) is 0 Å². The maximum atomic E-state index is 12.5. The average molecular weight is 301 g/mol. The summed E-state index contributed by atoms with van der Waals surface area (Å²) in [6.07, 6.45) is 4.65. The van der Waals surface area contributed by atoms with Gasteiger partial charge in [0.05, 0.1) is 0 Å². The zero-order chi connectivity index (χ0) is 16.0. The van der Waals surface area contributed by atoms with E-state index in [0.717, 1.165) is 19.3 Å². The first-order valence-corrected chi connectivity index (χ1v) is 7.81. The first-order valence-electron chi connectivity index (χ1n) is 7.81. The lowest BCUT2D eigenvalue weighted by molar-refractivity contribution is -0.144. The molecule has 118 valence electrons. The minimum Gasteiger partial charge on any atom is -0.331 e.